The lowest BCUT2D eigenvalue weighted by Crippen LogP contribution is -2.46. The normalized spacial score (nSPS) is 18.0. The molecule has 1 fully saturated rings. The van der Waals surface area contributed by atoms with Crippen molar-refractivity contribution in [2.24, 2.45) is 5.92 Å². The summed E-state index contributed by atoms with van der Waals surface area (Å²) in [5.74, 6) is -1.28. The molecular formula is C26H30N2O5. The molecule has 4 rings (SSSR count). The Balaban J connectivity index is 1.38. The molecule has 2 aromatic carbocycles. The largest absolute Gasteiger partial charge is 0.480 e. The molecule has 7 nitrogen and oxygen atoms in total. The lowest BCUT2D eigenvalue weighted by molar-refractivity contribution is -0.148. The number of likely N-dealkylation sites (tertiary alicyclic amines) is 1. The number of nitrogens with one attached hydrogen (secondary N) is 1. The Morgan fingerprint density at radius 1 is 1.06 bits per heavy atom. The van der Waals surface area contributed by atoms with E-state index in [9.17, 15) is 19.5 Å². The topological polar surface area (TPSA) is 95.9 Å². The summed E-state index contributed by atoms with van der Waals surface area (Å²) in [5.41, 5.74) is 4.59. The number of hydrogen-bond acceptors (Lipinski definition) is 4. The number of alkyl carbamates (subject to hydrolysis) is 1. The van der Waals surface area contributed by atoms with Crippen molar-refractivity contribution in [1.82, 2.24) is 10.2 Å². The summed E-state index contributed by atoms with van der Waals surface area (Å²) in [6.45, 7) is 4.47. The van der Waals surface area contributed by atoms with Crippen LogP contribution in [-0.4, -0.2) is 53.2 Å². The summed E-state index contributed by atoms with van der Waals surface area (Å²) in [6, 6.07) is 15.0. The Labute approximate surface area is 193 Å². The van der Waals surface area contributed by atoms with E-state index in [1.165, 1.54) is 4.90 Å². The van der Waals surface area contributed by atoms with Crippen molar-refractivity contribution in [2.75, 3.05) is 13.2 Å². The number of hydrogen-bond donors (Lipinski definition) is 2. The maximum absolute atomic E-state index is 12.8. The molecule has 2 aromatic rings. The Morgan fingerprint density at radius 3 is 2.24 bits per heavy atom. The second-order valence-corrected chi connectivity index (χ2v) is 9.11. The summed E-state index contributed by atoms with van der Waals surface area (Å²) in [5, 5.41) is 12.2. The minimum absolute atomic E-state index is 0.0136. The molecule has 2 aliphatic rings. The van der Waals surface area contributed by atoms with Gasteiger partial charge in [-0.2, -0.15) is 0 Å². The lowest BCUT2D eigenvalue weighted by Gasteiger charge is -2.27. The average molecular weight is 451 g/mol. The van der Waals surface area contributed by atoms with Crippen molar-refractivity contribution < 1.29 is 24.2 Å². The van der Waals surface area contributed by atoms with Crippen LogP contribution in [0.2, 0.25) is 0 Å². The number of aliphatic carboxylic acids is 1. The van der Waals surface area contributed by atoms with E-state index in [-0.39, 0.29) is 30.8 Å². The quantitative estimate of drug-likeness (QED) is 0.664. The van der Waals surface area contributed by atoms with Crippen LogP contribution in [0.25, 0.3) is 11.1 Å². The van der Waals surface area contributed by atoms with Crippen molar-refractivity contribution in [3.05, 3.63) is 59.7 Å². The van der Waals surface area contributed by atoms with Gasteiger partial charge in [-0.15, -0.1) is 0 Å². The van der Waals surface area contributed by atoms with E-state index in [0.29, 0.717) is 19.4 Å². The fraction of sp³-hybridized carbons (Fsp3) is 0.423. The summed E-state index contributed by atoms with van der Waals surface area (Å²) in [4.78, 5) is 38.3. The lowest BCUT2D eigenvalue weighted by atomic mass is 9.98. The molecule has 1 heterocycles. The van der Waals surface area contributed by atoms with E-state index >= 15 is 0 Å². The van der Waals surface area contributed by atoms with Crippen LogP contribution < -0.4 is 5.32 Å². The van der Waals surface area contributed by atoms with Gasteiger partial charge in [0.15, 0.2) is 0 Å². The molecule has 0 spiro atoms. The standard InChI is InChI=1S/C26H30N2O5/c1-16(2)22(14-24(29)28-13-7-12-23(28)25(30)31)27-26(32)33-15-21-19-10-5-3-8-17(19)18-9-4-6-11-20(18)21/h3-6,8-11,16,21-23H,7,12-15H2,1-2H3,(H,27,32)(H,30,31)/t22-,23?/m0/s1. The highest BCUT2D eigenvalue weighted by atomic mass is 16.5. The number of fused-ring (bicyclic) bond motifs is 3. The number of carboxylic acids is 1. The first-order valence-corrected chi connectivity index (χ1v) is 11.5. The van der Waals surface area contributed by atoms with Gasteiger partial charge in [-0.1, -0.05) is 62.4 Å². The molecule has 1 aliphatic carbocycles. The average Bonchev–Trinajstić information content (AvgIpc) is 3.41. The molecule has 1 saturated heterocycles. The zero-order valence-corrected chi connectivity index (χ0v) is 19.0. The molecule has 7 heteroatoms. The molecule has 0 radical (unpaired) electrons. The molecule has 2 atom stereocenters. The van der Waals surface area contributed by atoms with Gasteiger partial charge in [-0.3, -0.25) is 4.79 Å². The number of benzene rings is 2. The molecular weight excluding hydrogens is 420 g/mol. The third kappa shape index (κ3) is 4.72. The van der Waals surface area contributed by atoms with Gasteiger partial charge in [0, 0.05) is 24.9 Å². The van der Waals surface area contributed by atoms with Crippen LogP contribution in [-0.2, 0) is 14.3 Å². The first-order valence-electron chi connectivity index (χ1n) is 11.5. The molecule has 1 aliphatic heterocycles. The van der Waals surface area contributed by atoms with E-state index < -0.39 is 24.1 Å². The summed E-state index contributed by atoms with van der Waals surface area (Å²) in [6.07, 6.45) is 0.618. The fourth-order valence-electron chi connectivity index (χ4n) is 4.87. The minimum atomic E-state index is -0.980. The number of amides is 2. The van der Waals surface area contributed by atoms with Crippen LogP contribution in [0.5, 0.6) is 0 Å². The number of carbonyl (C=O) groups is 3. The zero-order valence-electron chi connectivity index (χ0n) is 19.0. The van der Waals surface area contributed by atoms with Gasteiger partial charge in [-0.05, 0) is 41.0 Å². The van der Waals surface area contributed by atoms with E-state index in [4.69, 9.17) is 4.74 Å². The molecule has 2 amide bonds. The van der Waals surface area contributed by atoms with Crippen LogP contribution in [0.1, 0.15) is 50.2 Å². The van der Waals surface area contributed by atoms with Crippen LogP contribution in [0, 0.1) is 5.92 Å². The number of rotatable bonds is 7. The van der Waals surface area contributed by atoms with Crippen LogP contribution in [0.15, 0.2) is 48.5 Å². The van der Waals surface area contributed by atoms with Gasteiger partial charge in [0.2, 0.25) is 5.91 Å². The fourth-order valence-corrected chi connectivity index (χ4v) is 4.87. The third-order valence-corrected chi connectivity index (χ3v) is 6.70. The van der Waals surface area contributed by atoms with Crippen molar-refractivity contribution in [3.63, 3.8) is 0 Å². The van der Waals surface area contributed by atoms with Gasteiger partial charge in [-0.25, -0.2) is 9.59 Å². The van der Waals surface area contributed by atoms with Gasteiger partial charge >= 0.3 is 12.1 Å². The van der Waals surface area contributed by atoms with E-state index in [0.717, 1.165) is 22.3 Å². The van der Waals surface area contributed by atoms with E-state index in [2.05, 4.69) is 29.6 Å². The summed E-state index contributed by atoms with van der Waals surface area (Å²) >= 11 is 0. The molecule has 33 heavy (non-hydrogen) atoms. The highest BCUT2D eigenvalue weighted by Crippen LogP contribution is 2.44. The van der Waals surface area contributed by atoms with Crippen molar-refractivity contribution in [1.29, 1.82) is 0 Å². The molecule has 1 unspecified atom stereocenters. The SMILES string of the molecule is CC(C)[C@H](CC(=O)N1CCCC1C(=O)O)NC(=O)OCC1c2ccccc2-c2ccccc21. The van der Waals surface area contributed by atoms with Gasteiger partial charge in [0.1, 0.15) is 12.6 Å². The molecule has 2 N–H and O–H groups in total. The van der Waals surface area contributed by atoms with E-state index in [1.807, 2.05) is 38.1 Å². The van der Waals surface area contributed by atoms with Crippen molar-refractivity contribution >= 4 is 18.0 Å². The van der Waals surface area contributed by atoms with Gasteiger partial charge < -0.3 is 20.1 Å². The number of carbonyl (C=O) groups excluding carboxylic acids is 2. The number of carboxylic acid groups (broad SMARTS) is 1. The van der Waals surface area contributed by atoms with Crippen LogP contribution in [0.4, 0.5) is 4.79 Å². The maximum Gasteiger partial charge on any atom is 0.407 e. The van der Waals surface area contributed by atoms with Crippen LogP contribution in [0.3, 0.4) is 0 Å². The predicted molar refractivity (Wildman–Crippen MR) is 124 cm³/mol. The van der Waals surface area contributed by atoms with Crippen molar-refractivity contribution in [2.45, 2.75) is 51.1 Å². The molecule has 174 valence electrons. The van der Waals surface area contributed by atoms with E-state index in [1.54, 1.807) is 0 Å². The predicted octanol–water partition coefficient (Wildman–Crippen LogP) is 4.02. The second-order valence-electron chi connectivity index (χ2n) is 9.11. The number of ether oxygens (including phenoxy) is 1. The molecule has 0 aromatic heterocycles. The molecule has 0 saturated carbocycles. The van der Waals surface area contributed by atoms with Crippen molar-refractivity contribution in [3.8, 4) is 11.1 Å². The Kier molecular flexibility index (Phi) is 6.67. The first-order chi connectivity index (χ1) is 15.9. The zero-order chi connectivity index (χ0) is 23.5. The third-order valence-electron chi connectivity index (χ3n) is 6.70. The van der Waals surface area contributed by atoms with Gasteiger partial charge in [0.05, 0.1) is 0 Å². The second kappa shape index (κ2) is 9.65. The smallest absolute Gasteiger partial charge is 0.407 e. The Hall–Kier alpha value is -3.35. The maximum atomic E-state index is 12.8. The highest BCUT2D eigenvalue weighted by Gasteiger charge is 2.35. The molecule has 0 bridgehead atoms. The first kappa shape index (κ1) is 22.8. The highest BCUT2D eigenvalue weighted by molar-refractivity contribution is 5.85. The number of nitrogens with zero attached hydrogens (tertiary/aromatic N) is 1. The Bertz CT molecular complexity index is 1000. The summed E-state index contributed by atoms with van der Waals surface area (Å²) in [7, 11) is 0. The summed E-state index contributed by atoms with van der Waals surface area (Å²) < 4.78 is 5.62. The minimum Gasteiger partial charge on any atom is -0.480 e. The van der Waals surface area contributed by atoms with Gasteiger partial charge in [0.25, 0.3) is 0 Å². The van der Waals surface area contributed by atoms with Crippen LogP contribution >= 0.6 is 0 Å². The monoisotopic (exact) mass is 450 g/mol. The Morgan fingerprint density at radius 2 is 1.67 bits per heavy atom.